The molecule has 0 saturated carbocycles. The zero-order valence-corrected chi connectivity index (χ0v) is 18.5. The number of rotatable bonds is 5. The summed E-state index contributed by atoms with van der Waals surface area (Å²) in [5.74, 6) is 1.14. The van der Waals surface area contributed by atoms with Gasteiger partial charge in [-0.2, -0.15) is 0 Å². The number of morpholine rings is 1. The summed E-state index contributed by atoms with van der Waals surface area (Å²) in [4.78, 5) is 19.4. The van der Waals surface area contributed by atoms with Gasteiger partial charge < -0.3 is 19.9 Å². The van der Waals surface area contributed by atoms with Gasteiger partial charge in [0.1, 0.15) is 0 Å². The lowest BCUT2D eigenvalue weighted by atomic mass is 9.95. The number of hydrogen-bond acceptors (Lipinski definition) is 5. The average Bonchev–Trinajstić information content (AvgIpc) is 2.61. The van der Waals surface area contributed by atoms with E-state index in [4.69, 9.17) is 4.74 Å². The van der Waals surface area contributed by atoms with Gasteiger partial charge in [0.15, 0.2) is 0 Å². The summed E-state index contributed by atoms with van der Waals surface area (Å²) in [6.07, 6.45) is 3.94. The van der Waals surface area contributed by atoms with Gasteiger partial charge in [-0.15, -0.1) is 24.8 Å². The zero-order chi connectivity index (χ0) is 17.6. The van der Waals surface area contributed by atoms with E-state index in [1.165, 1.54) is 19.4 Å². The maximum atomic E-state index is 12.3. The lowest BCUT2D eigenvalue weighted by Gasteiger charge is -2.39. The molecule has 0 spiro atoms. The number of hydrogen-bond donors (Lipinski definition) is 1. The van der Waals surface area contributed by atoms with Crippen LogP contribution in [0, 0.1) is 5.92 Å². The van der Waals surface area contributed by atoms with Gasteiger partial charge in [-0.1, -0.05) is 0 Å². The molecule has 0 radical (unpaired) electrons. The summed E-state index contributed by atoms with van der Waals surface area (Å²) >= 11 is 0. The van der Waals surface area contributed by atoms with Crippen molar-refractivity contribution in [2.45, 2.75) is 45.3 Å². The Morgan fingerprint density at radius 3 is 2.15 bits per heavy atom. The van der Waals surface area contributed by atoms with Crippen LogP contribution in [0.25, 0.3) is 0 Å². The van der Waals surface area contributed by atoms with Crippen LogP contribution < -0.4 is 5.32 Å². The Morgan fingerprint density at radius 1 is 0.963 bits per heavy atom. The molecule has 0 aliphatic carbocycles. The van der Waals surface area contributed by atoms with E-state index in [1.807, 2.05) is 4.90 Å². The molecule has 1 amide bonds. The molecule has 6 nitrogen and oxygen atoms in total. The van der Waals surface area contributed by atoms with Gasteiger partial charge in [-0.05, 0) is 45.7 Å². The molecule has 0 aromatic carbocycles. The van der Waals surface area contributed by atoms with E-state index in [0.29, 0.717) is 24.5 Å². The molecule has 27 heavy (non-hydrogen) atoms. The van der Waals surface area contributed by atoms with E-state index in [0.717, 1.165) is 64.8 Å². The molecular formula is C19H38Cl2N4O2. The predicted octanol–water partition coefficient (Wildman–Crippen LogP) is 1.47. The van der Waals surface area contributed by atoms with Crippen LogP contribution in [0.15, 0.2) is 0 Å². The number of carbonyl (C=O) groups is 1. The van der Waals surface area contributed by atoms with Crippen LogP contribution in [-0.4, -0.2) is 98.3 Å². The fraction of sp³-hybridized carbons (Fsp3) is 0.947. The number of halogens is 2. The molecule has 3 aliphatic rings. The maximum absolute atomic E-state index is 12.3. The summed E-state index contributed by atoms with van der Waals surface area (Å²) in [6, 6.07) is 0. The molecule has 0 aromatic rings. The highest BCUT2D eigenvalue weighted by Crippen LogP contribution is 2.21. The standard InChI is InChI=1S/C19H36N4O2.2ClH/c1-16-13-22(14-17(2)25-16)15-18-3-8-21(9-4-18)10-5-19(24)23-11-6-20-7-12-23;;/h16-18,20H,3-15H2,1-2H3;2*1H. The van der Waals surface area contributed by atoms with Crippen LogP contribution in [0.2, 0.25) is 0 Å². The predicted molar refractivity (Wildman–Crippen MR) is 114 cm³/mol. The second kappa shape index (κ2) is 12.5. The topological polar surface area (TPSA) is 48.0 Å². The number of piperazine rings is 1. The van der Waals surface area contributed by atoms with Crippen molar-refractivity contribution in [1.82, 2.24) is 20.0 Å². The Hall–Kier alpha value is -0.110. The molecule has 3 rings (SSSR count). The van der Waals surface area contributed by atoms with E-state index in [2.05, 4.69) is 29.0 Å². The molecule has 2 unspecified atom stereocenters. The lowest BCUT2D eigenvalue weighted by Crippen LogP contribution is -2.49. The van der Waals surface area contributed by atoms with Gasteiger partial charge in [0.25, 0.3) is 0 Å². The molecule has 0 aromatic heterocycles. The number of amides is 1. The first-order valence-electron chi connectivity index (χ1n) is 10.2. The van der Waals surface area contributed by atoms with Gasteiger partial charge in [0.05, 0.1) is 12.2 Å². The lowest BCUT2D eigenvalue weighted by molar-refractivity contribution is -0.132. The SMILES string of the molecule is CC1CN(CC2CCN(CCC(=O)N3CCNCC3)CC2)CC(C)O1.Cl.Cl. The highest BCUT2D eigenvalue weighted by atomic mass is 35.5. The van der Waals surface area contributed by atoms with Crippen LogP contribution in [0.4, 0.5) is 0 Å². The average molecular weight is 425 g/mol. The fourth-order valence-electron chi connectivity index (χ4n) is 4.52. The van der Waals surface area contributed by atoms with Crippen molar-refractivity contribution in [3.63, 3.8) is 0 Å². The van der Waals surface area contributed by atoms with Crippen molar-refractivity contribution >= 4 is 30.7 Å². The Labute approximate surface area is 177 Å². The first-order chi connectivity index (χ1) is 12.1. The van der Waals surface area contributed by atoms with Crippen LogP contribution in [0.5, 0.6) is 0 Å². The molecule has 0 bridgehead atoms. The summed E-state index contributed by atoms with van der Waals surface area (Å²) in [5, 5.41) is 3.30. The van der Waals surface area contributed by atoms with Gasteiger partial charge >= 0.3 is 0 Å². The summed E-state index contributed by atoms with van der Waals surface area (Å²) < 4.78 is 5.84. The van der Waals surface area contributed by atoms with E-state index in [-0.39, 0.29) is 24.8 Å². The first kappa shape index (κ1) is 24.9. The molecule has 8 heteroatoms. The molecule has 3 heterocycles. The van der Waals surface area contributed by atoms with E-state index >= 15 is 0 Å². The van der Waals surface area contributed by atoms with Crippen LogP contribution in [0.3, 0.4) is 0 Å². The first-order valence-corrected chi connectivity index (χ1v) is 10.2. The minimum Gasteiger partial charge on any atom is -0.373 e. The molecule has 160 valence electrons. The van der Waals surface area contributed by atoms with Gasteiger partial charge in [-0.25, -0.2) is 0 Å². The van der Waals surface area contributed by atoms with Crippen LogP contribution in [-0.2, 0) is 9.53 Å². The molecule has 3 aliphatic heterocycles. The Bertz CT molecular complexity index is 420. The fourth-order valence-corrected chi connectivity index (χ4v) is 4.52. The minimum absolute atomic E-state index is 0. The largest absolute Gasteiger partial charge is 0.373 e. The summed E-state index contributed by atoms with van der Waals surface area (Å²) in [5.41, 5.74) is 0. The summed E-state index contributed by atoms with van der Waals surface area (Å²) in [7, 11) is 0. The van der Waals surface area contributed by atoms with Crippen molar-refractivity contribution in [1.29, 1.82) is 0 Å². The Kier molecular flexibility index (Phi) is 11.5. The number of nitrogens with zero attached hydrogens (tertiary/aromatic N) is 3. The van der Waals surface area contributed by atoms with Gasteiger partial charge in [-0.3, -0.25) is 9.69 Å². The quantitative estimate of drug-likeness (QED) is 0.723. The second-order valence-electron chi connectivity index (χ2n) is 8.14. The van der Waals surface area contributed by atoms with Gasteiger partial charge in [0.2, 0.25) is 5.91 Å². The molecule has 2 atom stereocenters. The van der Waals surface area contributed by atoms with Crippen molar-refractivity contribution in [3.05, 3.63) is 0 Å². The minimum atomic E-state index is 0. The molecular weight excluding hydrogens is 387 g/mol. The van der Waals surface area contributed by atoms with Crippen molar-refractivity contribution in [2.24, 2.45) is 5.92 Å². The monoisotopic (exact) mass is 424 g/mol. The number of likely N-dealkylation sites (tertiary alicyclic amines) is 1. The molecule has 3 saturated heterocycles. The van der Waals surface area contributed by atoms with Gasteiger partial charge in [0, 0.05) is 58.8 Å². The Morgan fingerprint density at radius 2 is 1.56 bits per heavy atom. The van der Waals surface area contributed by atoms with Crippen LogP contribution in [0.1, 0.15) is 33.1 Å². The summed E-state index contributed by atoms with van der Waals surface area (Å²) in [6.45, 7) is 14.6. The third-order valence-corrected chi connectivity index (χ3v) is 5.83. The Balaban J connectivity index is 0.00000182. The number of nitrogens with one attached hydrogen (secondary N) is 1. The third-order valence-electron chi connectivity index (χ3n) is 5.83. The number of piperidine rings is 1. The maximum Gasteiger partial charge on any atom is 0.223 e. The molecule has 3 fully saturated rings. The number of carbonyl (C=O) groups excluding carboxylic acids is 1. The van der Waals surface area contributed by atoms with Crippen LogP contribution >= 0.6 is 24.8 Å². The van der Waals surface area contributed by atoms with Crippen molar-refractivity contribution < 1.29 is 9.53 Å². The second-order valence-corrected chi connectivity index (χ2v) is 8.14. The third kappa shape index (κ3) is 8.03. The molecule has 1 N–H and O–H groups in total. The van der Waals surface area contributed by atoms with E-state index in [9.17, 15) is 4.79 Å². The highest BCUT2D eigenvalue weighted by molar-refractivity contribution is 5.85. The zero-order valence-electron chi connectivity index (χ0n) is 16.9. The highest BCUT2D eigenvalue weighted by Gasteiger charge is 2.27. The number of ether oxygens (including phenoxy) is 1. The smallest absolute Gasteiger partial charge is 0.223 e. The normalized spacial score (nSPS) is 28.3. The van der Waals surface area contributed by atoms with Crippen molar-refractivity contribution in [2.75, 3.05) is 65.4 Å². The van der Waals surface area contributed by atoms with E-state index < -0.39 is 0 Å². The van der Waals surface area contributed by atoms with E-state index in [1.54, 1.807) is 0 Å². The van der Waals surface area contributed by atoms with Crippen molar-refractivity contribution in [3.8, 4) is 0 Å².